The molecule has 0 spiro atoms. The molecule has 0 unspecified atom stereocenters. The molecule has 0 saturated carbocycles. The lowest BCUT2D eigenvalue weighted by atomic mass is 10.2. The van der Waals surface area contributed by atoms with E-state index in [1.165, 1.54) is 17.8 Å². The fourth-order valence-electron chi connectivity index (χ4n) is 2.43. The van der Waals surface area contributed by atoms with Gasteiger partial charge in [0.25, 0.3) is 0 Å². The number of allylic oxidation sites excluding steroid dienone is 1. The lowest BCUT2D eigenvalue weighted by Crippen LogP contribution is -2.15. The van der Waals surface area contributed by atoms with Gasteiger partial charge in [0, 0.05) is 28.9 Å². The molecule has 5 nitrogen and oxygen atoms in total. The Morgan fingerprint density at radius 3 is 2.75 bits per heavy atom. The largest absolute Gasteiger partial charge is 0.325 e. The molecule has 0 bridgehead atoms. The standard InChI is InChI=1S/C19H15ClF2N4OS/c1-2-8-26-18(12-4-3-5-13(20)9-12)24-25-19(26)28-11-17(27)23-14-6-7-15(21)16(22)10-14/h2-7,9-10H,1,8,11H2,(H,23,27). The number of nitrogens with zero attached hydrogens (tertiary/aromatic N) is 3. The molecule has 1 aromatic heterocycles. The van der Waals surface area contributed by atoms with Crippen LogP contribution in [0.4, 0.5) is 14.5 Å². The highest BCUT2D eigenvalue weighted by Gasteiger charge is 2.15. The fraction of sp³-hybridized carbons (Fsp3) is 0.105. The Hall–Kier alpha value is -2.71. The maximum atomic E-state index is 13.2. The second-order valence-electron chi connectivity index (χ2n) is 5.68. The van der Waals surface area contributed by atoms with Gasteiger partial charge < -0.3 is 5.32 Å². The van der Waals surface area contributed by atoms with Gasteiger partial charge in [-0.25, -0.2) is 8.78 Å². The van der Waals surface area contributed by atoms with Gasteiger partial charge in [-0.05, 0) is 24.3 Å². The number of thioether (sulfide) groups is 1. The zero-order valence-corrected chi connectivity index (χ0v) is 16.1. The number of benzene rings is 2. The first kappa shape index (κ1) is 20.0. The Morgan fingerprint density at radius 1 is 1.21 bits per heavy atom. The zero-order valence-electron chi connectivity index (χ0n) is 14.5. The van der Waals surface area contributed by atoms with Crippen molar-refractivity contribution in [2.24, 2.45) is 0 Å². The Balaban J connectivity index is 1.72. The van der Waals surface area contributed by atoms with E-state index in [1.807, 2.05) is 16.7 Å². The Bertz CT molecular complexity index is 1020. The number of carbonyl (C=O) groups excluding carboxylic acids is 1. The molecular formula is C19H15ClF2N4OS. The SMILES string of the molecule is C=CCn1c(SCC(=O)Nc2ccc(F)c(F)c2)nnc1-c1cccc(Cl)c1. The molecule has 0 saturated heterocycles. The van der Waals surface area contributed by atoms with Crippen LogP contribution in [0.2, 0.25) is 5.02 Å². The molecule has 0 aliphatic heterocycles. The Morgan fingerprint density at radius 2 is 2.04 bits per heavy atom. The zero-order chi connectivity index (χ0) is 20.1. The molecule has 144 valence electrons. The number of hydrogen-bond donors (Lipinski definition) is 1. The molecule has 1 N–H and O–H groups in total. The molecule has 0 radical (unpaired) electrons. The molecule has 0 aliphatic rings. The second kappa shape index (κ2) is 8.99. The first-order chi connectivity index (χ1) is 13.5. The molecule has 2 aromatic carbocycles. The van der Waals surface area contributed by atoms with Crippen LogP contribution in [-0.4, -0.2) is 26.4 Å². The van der Waals surface area contributed by atoms with E-state index < -0.39 is 11.6 Å². The third-order valence-corrected chi connectivity index (χ3v) is 4.85. The van der Waals surface area contributed by atoms with Crippen LogP contribution in [0.5, 0.6) is 0 Å². The van der Waals surface area contributed by atoms with Crippen molar-refractivity contribution >= 4 is 35.0 Å². The fourth-order valence-corrected chi connectivity index (χ4v) is 3.37. The summed E-state index contributed by atoms with van der Waals surface area (Å²) in [6.07, 6.45) is 1.70. The summed E-state index contributed by atoms with van der Waals surface area (Å²) < 4.78 is 28.0. The van der Waals surface area contributed by atoms with Crippen molar-refractivity contribution in [1.29, 1.82) is 0 Å². The summed E-state index contributed by atoms with van der Waals surface area (Å²) in [5.41, 5.74) is 0.969. The van der Waals surface area contributed by atoms with E-state index in [0.717, 1.165) is 17.7 Å². The summed E-state index contributed by atoms with van der Waals surface area (Å²) in [4.78, 5) is 12.1. The molecule has 1 heterocycles. The van der Waals surface area contributed by atoms with E-state index in [2.05, 4.69) is 22.1 Å². The van der Waals surface area contributed by atoms with Crippen molar-refractivity contribution in [3.8, 4) is 11.4 Å². The van der Waals surface area contributed by atoms with E-state index in [1.54, 1.807) is 18.2 Å². The lowest BCUT2D eigenvalue weighted by molar-refractivity contribution is -0.113. The smallest absolute Gasteiger partial charge is 0.234 e. The monoisotopic (exact) mass is 420 g/mol. The normalized spacial score (nSPS) is 10.7. The van der Waals surface area contributed by atoms with E-state index in [4.69, 9.17) is 11.6 Å². The maximum Gasteiger partial charge on any atom is 0.234 e. The number of anilines is 1. The van der Waals surface area contributed by atoms with Gasteiger partial charge >= 0.3 is 0 Å². The summed E-state index contributed by atoms with van der Waals surface area (Å²) in [5.74, 6) is -1.76. The molecule has 0 atom stereocenters. The van der Waals surface area contributed by atoms with Gasteiger partial charge in [0.1, 0.15) is 0 Å². The average Bonchev–Trinajstić information content (AvgIpc) is 3.06. The number of nitrogens with one attached hydrogen (secondary N) is 1. The van der Waals surface area contributed by atoms with E-state index in [9.17, 15) is 13.6 Å². The first-order valence-corrected chi connectivity index (χ1v) is 9.52. The van der Waals surface area contributed by atoms with Gasteiger partial charge in [-0.15, -0.1) is 16.8 Å². The number of aromatic nitrogens is 3. The first-order valence-electron chi connectivity index (χ1n) is 8.15. The van der Waals surface area contributed by atoms with Gasteiger partial charge in [0.2, 0.25) is 5.91 Å². The highest BCUT2D eigenvalue weighted by atomic mass is 35.5. The summed E-state index contributed by atoms with van der Waals surface area (Å²) in [6, 6.07) is 10.4. The topological polar surface area (TPSA) is 59.8 Å². The van der Waals surface area contributed by atoms with Crippen LogP contribution in [0.25, 0.3) is 11.4 Å². The maximum absolute atomic E-state index is 13.2. The van der Waals surface area contributed by atoms with E-state index in [0.29, 0.717) is 22.5 Å². The van der Waals surface area contributed by atoms with Crippen LogP contribution in [0.1, 0.15) is 0 Å². The lowest BCUT2D eigenvalue weighted by Gasteiger charge is -2.08. The average molecular weight is 421 g/mol. The third-order valence-electron chi connectivity index (χ3n) is 3.65. The number of carbonyl (C=O) groups is 1. The molecule has 9 heteroatoms. The van der Waals surface area contributed by atoms with Crippen LogP contribution in [0, 0.1) is 11.6 Å². The highest BCUT2D eigenvalue weighted by molar-refractivity contribution is 7.99. The number of hydrogen-bond acceptors (Lipinski definition) is 4. The summed E-state index contributed by atoms with van der Waals surface area (Å²) >= 11 is 7.22. The van der Waals surface area contributed by atoms with Crippen LogP contribution in [0.3, 0.4) is 0 Å². The van der Waals surface area contributed by atoms with Crippen LogP contribution < -0.4 is 5.32 Å². The van der Waals surface area contributed by atoms with Crippen molar-refractivity contribution < 1.29 is 13.6 Å². The van der Waals surface area contributed by atoms with Gasteiger partial charge in [0.05, 0.1) is 5.75 Å². The number of halogens is 3. The minimum atomic E-state index is -1.03. The van der Waals surface area contributed by atoms with E-state index in [-0.39, 0.29) is 17.3 Å². The second-order valence-corrected chi connectivity index (χ2v) is 7.06. The molecule has 28 heavy (non-hydrogen) atoms. The van der Waals surface area contributed by atoms with Gasteiger partial charge in [0.15, 0.2) is 22.6 Å². The highest BCUT2D eigenvalue weighted by Crippen LogP contribution is 2.26. The predicted molar refractivity (Wildman–Crippen MR) is 106 cm³/mol. The number of rotatable bonds is 7. The van der Waals surface area contributed by atoms with Crippen LogP contribution >= 0.6 is 23.4 Å². The van der Waals surface area contributed by atoms with Gasteiger partial charge in [-0.1, -0.05) is 41.6 Å². The van der Waals surface area contributed by atoms with Gasteiger partial charge in [-0.2, -0.15) is 0 Å². The molecule has 1 amide bonds. The Labute approximate surface area is 169 Å². The molecule has 3 aromatic rings. The minimum absolute atomic E-state index is 0.0177. The van der Waals surface area contributed by atoms with Crippen LogP contribution in [0.15, 0.2) is 60.3 Å². The van der Waals surface area contributed by atoms with Gasteiger partial charge in [-0.3, -0.25) is 9.36 Å². The predicted octanol–water partition coefficient (Wildman–Crippen LogP) is 4.79. The third kappa shape index (κ3) is 4.76. The van der Waals surface area contributed by atoms with Crippen LogP contribution in [-0.2, 0) is 11.3 Å². The van der Waals surface area contributed by atoms with Crippen molar-refractivity contribution in [1.82, 2.24) is 14.8 Å². The van der Waals surface area contributed by atoms with E-state index >= 15 is 0 Å². The molecule has 3 rings (SSSR count). The van der Waals surface area contributed by atoms with Crippen molar-refractivity contribution in [3.05, 3.63) is 71.8 Å². The van der Waals surface area contributed by atoms with Crippen molar-refractivity contribution in [2.75, 3.05) is 11.1 Å². The summed E-state index contributed by atoms with van der Waals surface area (Å²) in [7, 11) is 0. The molecule has 0 aliphatic carbocycles. The number of amides is 1. The minimum Gasteiger partial charge on any atom is -0.325 e. The quantitative estimate of drug-likeness (QED) is 0.441. The van der Waals surface area contributed by atoms with Crippen molar-refractivity contribution in [3.63, 3.8) is 0 Å². The summed E-state index contributed by atoms with van der Waals surface area (Å²) in [6.45, 7) is 4.18. The molecule has 0 fully saturated rings. The van der Waals surface area contributed by atoms with Crippen molar-refractivity contribution in [2.45, 2.75) is 11.7 Å². The summed E-state index contributed by atoms with van der Waals surface area (Å²) in [5, 5.41) is 11.9. The Kier molecular flexibility index (Phi) is 6.43. The molecular weight excluding hydrogens is 406 g/mol.